The average molecular weight is 278 g/mol. The lowest BCUT2D eigenvalue weighted by Gasteiger charge is -2.11. The van der Waals surface area contributed by atoms with E-state index in [4.69, 9.17) is 16.6 Å². The summed E-state index contributed by atoms with van der Waals surface area (Å²) in [7, 11) is 0. The van der Waals surface area contributed by atoms with Gasteiger partial charge in [0.05, 0.1) is 11.0 Å². The first kappa shape index (κ1) is 12.9. The van der Waals surface area contributed by atoms with Crippen LogP contribution in [0.3, 0.4) is 0 Å². The number of aryl methyl sites for hydroxylation is 1. The largest absolute Gasteiger partial charge is 0.328 e. The zero-order valence-corrected chi connectivity index (χ0v) is 12.1. The van der Waals surface area contributed by atoms with Gasteiger partial charge in [0, 0.05) is 18.0 Å². The summed E-state index contributed by atoms with van der Waals surface area (Å²) >= 11 is 6.07. The van der Waals surface area contributed by atoms with Crippen molar-refractivity contribution >= 4 is 22.6 Å². The number of hydrogen-bond acceptors (Lipinski definition) is 2. The number of hydrogen-bond donors (Lipinski definition) is 1. The highest BCUT2D eigenvalue weighted by atomic mass is 35.5. The van der Waals surface area contributed by atoms with E-state index in [0.717, 1.165) is 48.9 Å². The third-order valence-corrected chi connectivity index (χ3v) is 4.11. The second-order valence-corrected chi connectivity index (χ2v) is 5.81. The van der Waals surface area contributed by atoms with Gasteiger partial charge in [0.25, 0.3) is 0 Å². The van der Waals surface area contributed by atoms with E-state index in [0.29, 0.717) is 0 Å². The molecule has 1 N–H and O–H groups in total. The zero-order valence-electron chi connectivity index (χ0n) is 11.3. The quantitative estimate of drug-likeness (QED) is 0.930. The molecule has 1 unspecified atom stereocenters. The standard InChI is InChI=1S/C15H20ClN3/c1-2-7-19-14-4-3-12(16)9-13(14)18-15(19)8-11-5-6-17-10-11/h3-4,9,11,17H,2,5-8,10H2,1H3. The highest BCUT2D eigenvalue weighted by molar-refractivity contribution is 6.31. The van der Waals surface area contributed by atoms with Crippen molar-refractivity contribution in [3.8, 4) is 0 Å². The maximum Gasteiger partial charge on any atom is 0.110 e. The zero-order chi connectivity index (χ0) is 13.2. The Labute approximate surface area is 119 Å². The first-order chi connectivity index (χ1) is 9.28. The Balaban J connectivity index is 1.98. The van der Waals surface area contributed by atoms with Gasteiger partial charge >= 0.3 is 0 Å². The first-order valence-corrected chi connectivity index (χ1v) is 7.51. The average Bonchev–Trinajstić information content (AvgIpc) is 2.99. The van der Waals surface area contributed by atoms with E-state index >= 15 is 0 Å². The van der Waals surface area contributed by atoms with Gasteiger partial charge in [-0.2, -0.15) is 0 Å². The van der Waals surface area contributed by atoms with Crippen LogP contribution in [0.4, 0.5) is 0 Å². The van der Waals surface area contributed by atoms with Crippen LogP contribution in [0.2, 0.25) is 5.02 Å². The Kier molecular flexibility index (Phi) is 3.76. The summed E-state index contributed by atoms with van der Waals surface area (Å²) in [5.41, 5.74) is 2.24. The molecular formula is C15H20ClN3. The summed E-state index contributed by atoms with van der Waals surface area (Å²) in [4.78, 5) is 4.81. The number of nitrogens with zero attached hydrogens (tertiary/aromatic N) is 2. The van der Waals surface area contributed by atoms with Crippen molar-refractivity contribution in [2.75, 3.05) is 13.1 Å². The minimum Gasteiger partial charge on any atom is -0.328 e. The molecule has 1 aromatic carbocycles. The second kappa shape index (κ2) is 5.51. The molecule has 0 bridgehead atoms. The molecule has 1 aromatic heterocycles. The molecule has 0 amide bonds. The Bertz CT molecular complexity index is 570. The maximum absolute atomic E-state index is 6.07. The number of rotatable bonds is 4. The van der Waals surface area contributed by atoms with E-state index in [9.17, 15) is 0 Å². The highest BCUT2D eigenvalue weighted by Crippen LogP contribution is 2.23. The van der Waals surface area contributed by atoms with Gasteiger partial charge in [-0.3, -0.25) is 0 Å². The van der Waals surface area contributed by atoms with Crippen molar-refractivity contribution in [2.45, 2.75) is 32.7 Å². The molecule has 1 atom stereocenters. The van der Waals surface area contributed by atoms with E-state index in [1.807, 2.05) is 12.1 Å². The van der Waals surface area contributed by atoms with Crippen molar-refractivity contribution in [3.05, 3.63) is 29.0 Å². The lowest BCUT2D eigenvalue weighted by atomic mass is 10.0. The molecular weight excluding hydrogens is 258 g/mol. The van der Waals surface area contributed by atoms with Crippen molar-refractivity contribution in [1.82, 2.24) is 14.9 Å². The summed E-state index contributed by atoms with van der Waals surface area (Å²) in [6, 6.07) is 6.02. The lowest BCUT2D eigenvalue weighted by molar-refractivity contribution is 0.535. The fourth-order valence-corrected chi connectivity index (χ4v) is 3.09. The van der Waals surface area contributed by atoms with Crippen LogP contribution in [-0.4, -0.2) is 22.6 Å². The van der Waals surface area contributed by atoms with Gasteiger partial charge in [-0.05, 0) is 50.0 Å². The summed E-state index contributed by atoms with van der Waals surface area (Å²) in [6.07, 6.45) is 3.46. The fraction of sp³-hybridized carbons (Fsp3) is 0.533. The van der Waals surface area contributed by atoms with Crippen LogP contribution in [0.5, 0.6) is 0 Å². The van der Waals surface area contributed by atoms with Crippen molar-refractivity contribution in [2.24, 2.45) is 5.92 Å². The molecule has 1 fully saturated rings. The van der Waals surface area contributed by atoms with Crippen LogP contribution < -0.4 is 5.32 Å². The molecule has 0 aliphatic carbocycles. The van der Waals surface area contributed by atoms with E-state index < -0.39 is 0 Å². The van der Waals surface area contributed by atoms with Gasteiger partial charge < -0.3 is 9.88 Å². The van der Waals surface area contributed by atoms with Crippen LogP contribution in [-0.2, 0) is 13.0 Å². The number of fused-ring (bicyclic) bond motifs is 1. The molecule has 2 heterocycles. The molecule has 19 heavy (non-hydrogen) atoms. The Morgan fingerprint density at radius 3 is 3.11 bits per heavy atom. The van der Waals surface area contributed by atoms with Crippen LogP contribution >= 0.6 is 11.6 Å². The lowest BCUT2D eigenvalue weighted by Crippen LogP contribution is -2.14. The molecule has 0 spiro atoms. The van der Waals surface area contributed by atoms with E-state index in [2.05, 4.69) is 22.9 Å². The van der Waals surface area contributed by atoms with Gasteiger partial charge in [-0.25, -0.2) is 4.98 Å². The van der Waals surface area contributed by atoms with Crippen molar-refractivity contribution < 1.29 is 0 Å². The minimum atomic E-state index is 0.725. The van der Waals surface area contributed by atoms with Crippen LogP contribution in [0.25, 0.3) is 11.0 Å². The Morgan fingerprint density at radius 1 is 1.47 bits per heavy atom. The molecule has 0 radical (unpaired) electrons. The fourth-order valence-electron chi connectivity index (χ4n) is 2.93. The summed E-state index contributed by atoms with van der Waals surface area (Å²) in [5.74, 6) is 1.94. The van der Waals surface area contributed by atoms with E-state index in [-0.39, 0.29) is 0 Å². The van der Waals surface area contributed by atoms with Gasteiger partial charge in [0.1, 0.15) is 5.82 Å². The van der Waals surface area contributed by atoms with E-state index in [1.165, 1.54) is 17.8 Å². The summed E-state index contributed by atoms with van der Waals surface area (Å²) in [6.45, 7) is 5.51. The number of aromatic nitrogens is 2. The topological polar surface area (TPSA) is 29.9 Å². The maximum atomic E-state index is 6.07. The third kappa shape index (κ3) is 2.63. The molecule has 102 valence electrons. The van der Waals surface area contributed by atoms with Crippen LogP contribution in [0, 0.1) is 5.92 Å². The van der Waals surface area contributed by atoms with E-state index in [1.54, 1.807) is 0 Å². The van der Waals surface area contributed by atoms with Crippen LogP contribution in [0.15, 0.2) is 18.2 Å². The SMILES string of the molecule is CCCn1c(CC2CCNC2)nc2cc(Cl)ccc21. The van der Waals surface area contributed by atoms with Gasteiger partial charge in [-0.1, -0.05) is 18.5 Å². The smallest absolute Gasteiger partial charge is 0.110 e. The summed E-state index contributed by atoms with van der Waals surface area (Å²) in [5, 5.41) is 4.20. The van der Waals surface area contributed by atoms with Gasteiger partial charge in [-0.15, -0.1) is 0 Å². The predicted molar refractivity (Wildman–Crippen MR) is 79.7 cm³/mol. The third-order valence-electron chi connectivity index (χ3n) is 3.87. The summed E-state index contributed by atoms with van der Waals surface area (Å²) < 4.78 is 2.37. The highest BCUT2D eigenvalue weighted by Gasteiger charge is 2.19. The first-order valence-electron chi connectivity index (χ1n) is 7.13. The Morgan fingerprint density at radius 2 is 2.37 bits per heavy atom. The molecule has 1 aliphatic heterocycles. The van der Waals surface area contributed by atoms with Crippen LogP contribution in [0.1, 0.15) is 25.6 Å². The number of halogens is 1. The van der Waals surface area contributed by atoms with Gasteiger partial charge in [0.2, 0.25) is 0 Å². The predicted octanol–water partition coefficient (Wildman–Crippen LogP) is 3.25. The van der Waals surface area contributed by atoms with Crippen molar-refractivity contribution in [3.63, 3.8) is 0 Å². The number of nitrogens with one attached hydrogen (secondary N) is 1. The number of imidazole rings is 1. The second-order valence-electron chi connectivity index (χ2n) is 5.38. The molecule has 3 rings (SSSR count). The molecule has 2 aromatic rings. The normalized spacial score (nSPS) is 19.4. The number of benzene rings is 1. The Hall–Kier alpha value is -1.06. The molecule has 0 saturated carbocycles. The molecule has 4 heteroatoms. The van der Waals surface area contributed by atoms with Crippen molar-refractivity contribution in [1.29, 1.82) is 0 Å². The monoisotopic (exact) mass is 277 g/mol. The molecule has 3 nitrogen and oxygen atoms in total. The molecule has 1 aliphatic rings. The van der Waals surface area contributed by atoms with Gasteiger partial charge in [0.15, 0.2) is 0 Å². The minimum absolute atomic E-state index is 0.725. The molecule has 1 saturated heterocycles.